The fraction of sp³-hybridized carbons (Fsp3) is 1.00. The van der Waals surface area contributed by atoms with Crippen molar-refractivity contribution in [2.45, 2.75) is 38.6 Å². The highest BCUT2D eigenvalue weighted by Crippen LogP contribution is 2.25. The molecular weight excluding hydrogens is 236 g/mol. The Bertz CT molecular complexity index is 210. The van der Waals surface area contributed by atoms with E-state index in [1.165, 1.54) is 38.8 Å². The molecule has 0 aromatic heterocycles. The highest BCUT2D eigenvalue weighted by molar-refractivity contribution is 5.85. The summed E-state index contributed by atoms with van der Waals surface area (Å²) in [6.45, 7) is 7.53. The molecule has 2 saturated heterocycles. The lowest BCUT2D eigenvalue weighted by Crippen LogP contribution is -2.50. The lowest BCUT2D eigenvalue weighted by atomic mass is 9.89. The van der Waals surface area contributed by atoms with Gasteiger partial charge >= 0.3 is 0 Å². The quantitative estimate of drug-likeness (QED) is 0.844. The topological polar surface area (TPSA) is 38.5 Å². The van der Waals surface area contributed by atoms with Crippen molar-refractivity contribution in [3.8, 4) is 0 Å². The number of nitrogens with zero attached hydrogens (tertiary/aromatic N) is 1. The zero-order valence-electron chi connectivity index (χ0n) is 10.9. The van der Waals surface area contributed by atoms with Crippen molar-refractivity contribution < 1.29 is 4.74 Å². The SMILES string of the molecule is CC1CCCN(CC2CCCOC2)C1CN.Cl. The second kappa shape index (κ2) is 7.57. The summed E-state index contributed by atoms with van der Waals surface area (Å²) >= 11 is 0. The number of rotatable bonds is 3. The van der Waals surface area contributed by atoms with Crippen molar-refractivity contribution >= 4 is 12.4 Å². The van der Waals surface area contributed by atoms with E-state index >= 15 is 0 Å². The fourth-order valence-corrected chi connectivity index (χ4v) is 3.23. The van der Waals surface area contributed by atoms with E-state index in [-0.39, 0.29) is 12.4 Å². The molecule has 3 unspecified atom stereocenters. The first-order valence-corrected chi connectivity index (χ1v) is 6.83. The van der Waals surface area contributed by atoms with Crippen LogP contribution in [0.4, 0.5) is 0 Å². The van der Waals surface area contributed by atoms with Gasteiger partial charge in [0, 0.05) is 25.7 Å². The standard InChI is InChI=1S/C13H26N2O.ClH/c1-11-4-2-6-15(13(11)8-14)9-12-5-3-7-16-10-12;/h11-13H,2-10,14H2,1H3;1H. The molecule has 2 aliphatic heterocycles. The van der Waals surface area contributed by atoms with Crippen LogP contribution in [0.1, 0.15) is 32.6 Å². The van der Waals surface area contributed by atoms with Crippen LogP contribution in [0.2, 0.25) is 0 Å². The Kier molecular flexibility index (Phi) is 6.78. The molecule has 0 aromatic rings. The molecule has 17 heavy (non-hydrogen) atoms. The van der Waals surface area contributed by atoms with Crippen LogP contribution in [0.3, 0.4) is 0 Å². The Morgan fingerprint density at radius 2 is 2.12 bits per heavy atom. The molecule has 2 heterocycles. The summed E-state index contributed by atoms with van der Waals surface area (Å²) in [6, 6.07) is 0.607. The molecule has 2 rings (SSSR count). The minimum atomic E-state index is 0. The summed E-state index contributed by atoms with van der Waals surface area (Å²) in [7, 11) is 0. The van der Waals surface area contributed by atoms with Gasteiger partial charge in [0.15, 0.2) is 0 Å². The molecule has 0 spiro atoms. The molecule has 0 amide bonds. The second-order valence-corrected chi connectivity index (χ2v) is 5.50. The molecule has 2 fully saturated rings. The summed E-state index contributed by atoms with van der Waals surface area (Å²) < 4.78 is 5.56. The molecule has 2 N–H and O–H groups in total. The summed E-state index contributed by atoms with van der Waals surface area (Å²) in [5, 5.41) is 0. The van der Waals surface area contributed by atoms with Gasteiger partial charge in [-0.2, -0.15) is 0 Å². The van der Waals surface area contributed by atoms with E-state index in [0.29, 0.717) is 6.04 Å². The minimum absolute atomic E-state index is 0. The Morgan fingerprint density at radius 3 is 2.76 bits per heavy atom. The Hall–Kier alpha value is 0.170. The Labute approximate surface area is 111 Å². The van der Waals surface area contributed by atoms with E-state index in [2.05, 4.69) is 11.8 Å². The average molecular weight is 263 g/mol. The third-order valence-corrected chi connectivity index (χ3v) is 4.22. The van der Waals surface area contributed by atoms with Gasteiger partial charge in [0.05, 0.1) is 6.61 Å². The van der Waals surface area contributed by atoms with Crippen molar-refractivity contribution in [3.63, 3.8) is 0 Å². The van der Waals surface area contributed by atoms with Gasteiger partial charge in [-0.15, -0.1) is 12.4 Å². The predicted molar refractivity (Wildman–Crippen MR) is 73.6 cm³/mol. The number of nitrogens with two attached hydrogens (primary N) is 1. The van der Waals surface area contributed by atoms with E-state index in [9.17, 15) is 0 Å². The maximum Gasteiger partial charge on any atom is 0.0506 e. The molecule has 4 heteroatoms. The third-order valence-electron chi connectivity index (χ3n) is 4.22. The van der Waals surface area contributed by atoms with Crippen LogP contribution in [0.25, 0.3) is 0 Å². The summed E-state index contributed by atoms with van der Waals surface area (Å²) in [4.78, 5) is 2.62. The molecule has 0 aromatic carbocycles. The van der Waals surface area contributed by atoms with Crippen molar-refractivity contribution in [1.82, 2.24) is 4.90 Å². The fourth-order valence-electron chi connectivity index (χ4n) is 3.23. The maximum absolute atomic E-state index is 5.92. The van der Waals surface area contributed by atoms with Crippen LogP contribution < -0.4 is 5.73 Å². The van der Waals surface area contributed by atoms with Crippen LogP contribution in [0, 0.1) is 11.8 Å². The molecule has 0 radical (unpaired) electrons. The van der Waals surface area contributed by atoms with E-state index in [0.717, 1.165) is 31.6 Å². The number of likely N-dealkylation sites (tertiary alicyclic amines) is 1. The number of hydrogen-bond acceptors (Lipinski definition) is 3. The van der Waals surface area contributed by atoms with Gasteiger partial charge in [-0.1, -0.05) is 6.92 Å². The van der Waals surface area contributed by atoms with Crippen molar-refractivity contribution in [3.05, 3.63) is 0 Å². The molecule has 102 valence electrons. The molecule has 0 bridgehead atoms. The van der Waals surface area contributed by atoms with Gasteiger partial charge in [-0.25, -0.2) is 0 Å². The molecule has 0 aliphatic carbocycles. The van der Waals surface area contributed by atoms with Crippen LogP contribution in [-0.4, -0.2) is 43.8 Å². The number of halogens is 1. The van der Waals surface area contributed by atoms with Crippen LogP contribution in [0.5, 0.6) is 0 Å². The molecule has 2 aliphatic rings. The zero-order chi connectivity index (χ0) is 11.4. The average Bonchev–Trinajstić information content (AvgIpc) is 2.31. The molecule has 3 atom stereocenters. The summed E-state index contributed by atoms with van der Waals surface area (Å²) in [5.74, 6) is 1.51. The highest BCUT2D eigenvalue weighted by Gasteiger charge is 2.29. The van der Waals surface area contributed by atoms with Crippen LogP contribution >= 0.6 is 12.4 Å². The summed E-state index contributed by atoms with van der Waals surface area (Å²) in [5.41, 5.74) is 5.92. The van der Waals surface area contributed by atoms with Crippen molar-refractivity contribution in [1.29, 1.82) is 0 Å². The van der Waals surface area contributed by atoms with Gasteiger partial charge in [-0.05, 0) is 44.1 Å². The summed E-state index contributed by atoms with van der Waals surface area (Å²) in [6.07, 6.45) is 5.26. The monoisotopic (exact) mass is 262 g/mol. The van der Waals surface area contributed by atoms with Crippen LogP contribution in [-0.2, 0) is 4.74 Å². The normalized spacial score (nSPS) is 35.3. The number of piperidine rings is 1. The van der Waals surface area contributed by atoms with E-state index < -0.39 is 0 Å². The lowest BCUT2D eigenvalue weighted by molar-refractivity contribution is 0.0166. The second-order valence-electron chi connectivity index (χ2n) is 5.50. The van der Waals surface area contributed by atoms with Gasteiger partial charge < -0.3 is 10.5 Å². The number of ether oxygens (including phenoxy) is 1. The third kappa shape index (κ3) is 4.09. The van der Waals surface area contributed by atoms with Gasteiger partial charge in [0.1, 0.15) is 0 Å². The maximum atomic E-state index is 5.92. The largest absolute Gasteiger partial charge is 0.381 e. The first-order valence-electron chi connectivity index (χ1n) is 6.83. The molecule has 0 saturated carbocycles. The van der Waals surface area contributed by atoms with E-state index in [4.69, 9.17) is 10.5 Å². The first-order chi connectivity index (χ1) is 7.81. The number of hydrogen-bond donors (Lipinski definition) is 1. The van der Waals surface area contributed by atoms with Crippen molar-refractivity contribution in [2.24, 2.45) is 17.6 Å². The molecular formula is C13H27ClN2O. The highest BCUT2D eigenvalue weighted by atomic mass is 35.5. The van der Waals surface area contributed by atoms with E-state index in [1.54, 1.807) is 0 Å². The smallest absolute Gasteiger partial charge is 0.0506 e. The molecule has 3 nitrogen and oxygen atoms in total. The predicted octanol–water partition coefficient (Wildman–Crippen LogP) is 1.89. The lowest BCUT2D eigenvalue weighted by Gasteiger charge is -2.41. The Balaban J connectivity index is 0.00000144. The van der Waals surface area contributed by atoms with Gasteiger partial charge in [-0.3, -0.25) is 4.90 Å². The zero-order valence-corrected chi connectivity index (χ0v) is 11.8. The Morgan fingerprint density at radius 1 is 1.29 bits per heavy atom. The minimum Gasteiger partial charge on any atom is -0.381 e. The van der Waals surface area contributed by atoms with Gasteiger partial charge in [0.25, 0.3) is 0 Å². The van der Waals surface area contributed by atoms with Gasteiger partial charge in [0.2, 0.25) is 0 Å². The van der Waals surface area contributed by atoms with Crippen LogP contribution in [0.15, 0.2) is 0 Å². The first kappa shape index (κ1) is 15.2. The van der Waals surface area contributed by atoms with Crippen molar-refractivity contribution in [2.75, 3.05) is 32.8 Å². The van der Waals surface area contributed by atoms with E-state index in [1.807, 2.05) is 0 Å².